The molecule has 4 rings (SSSR count). The Morgan fingerprint density at radius 1 is 0.933 bits per heavy atom. The minimum Gasteiger partial charge on any atom is -0.414 e. The third kappa shape index (κ3) is 3.91. The highest BCUT2D eigenvalue weighted by atomic mass is 16.4. The molecule has 0 saturated carbocycles. The zero-order valence-electron chi connectivity index (χ0n) is 16.7. The van der Waals surface area contributed by atoms with Gasteiger partial charge in [0.1, 0.15) is 0 Å². The third-order valence-electron chi connectivity index (χ3n) is 4.74. The van der Waals surface area contributed by atoms with Crippen LogP contribution in [0.3, 0.4) is 0 Å². The highest BCUT2D eigenvalue weighted by molar-refractivity contribution is 5.69. The lowest BCUT2D eigenvalue weighted by Crippen LogP contribution is -2.28. The Balaban J connectivity index is 1.66. The van der Waals surface area contributed by atoms with E-state index in [1.54, 1.807) is 30.5 Å². The number of hydrogen-bond acceptors (Lipinski definition) is 8. The van der Waals surface area contributed by atoms with Crippen molar-refractivity contribution < 1.29 is 9.52 Å². The number of nitrogen functional groups attached to an aromatic ring is 1. The molecule has 4 aromatic rings. The molecule has 0 bridgehead atoms. The molecule has 0 fully saturated rings. The zero-order valence-corrected chi connectivity index (χ0v) is 16.7. The molecule has 0 spiro atoms. The number of aromatic nitrogens is 4. The van der Waals surface area contributed by atoms with Crippen LogP contribution < -0.4 is 11.5 Å². The number of anilines is 1. The molecule has 0 amide bonds. The minimum absolute atomic E-state index is 0.0297. The van der Waals surface area contributed by atoms with Crippen molar-refractivity contribution in [2.75, 3.05) is 5.73 Å². The number of rotatable bonds is 5. The average molecular weight is 402 g/mol. The Morgan fingerprint density at radius 3 is 2.20 bits per heavy atom. The standard InChI is InChI=1S/C22H22N6O2/c1-22(2,24)16-9-7-14(8-10-16)17-11-25-19(23)18(26-17)21-28-27-20(30-21)15-5-3-13(12-29)4-6-15/h3-11,29H,12,24H2,1-2H3,(H2,23,25). The molecule has 0 radical (unpaired) electrons. The number of hydrogen-bond donors (Lipinski definition) is 3. The number of nitrogens with zero attached hydrogens (tertiary/aromatic N) is 4. The van der Waals surface area contributed by atoms with E-state index in [4.69, 9.17) is 15.9 Å². The number of nitrogens with two attached hydrogens (primary N) is 2. The average Bonchev–Trinajstić information content (AvgIpc) is 3.24. The van der Waals surface area contributed by atoms with E-state index in [0.717, 1.165) is 22.3 Å². The quantitative estimate of drug-likeness (QED) is 0.463. The Kier molecular flexibility index (Phi) is 5.03. The lowest BCUT2D eigenvalue weighted by Gasteiger charge is -2.19. The predicted molar refractivity (Wildman–Crippen MR) is 114 cm³/mol. The van der Waals surface area contributed by atoms with Gasteiger partial charge >= 0.3 is 0 Å². The summed E-state index contributed by atoms with van der Waals surface area (Å²) in [6.45, 7) is 3.87. The molecule has 2 heterocycles. The van der Waals surface area contributed by atoms with Crippen LogP contribution in [0.25, 0.3) is 34.3 Å². The molecule has 152 valence electrons. The van der Waals surface area contributed by atoms with E-state index in [1.807, 2.05) is 38.1 Å². The second-order valence-electron chi connectivity index (χ2n) is 7.56. The summed E-state index contributed by atoms with van der Waals surface area (Å²) in [7, 11) is 0. The van der Waals surface area contributed by atoms with Gasteiger partial charge in [0.05, 0.1) is 18.5 Å². The van der Waals surface area contributed by atoms with Crippen molar-refractivity contribution in [3.8, 4) is 34.3 Å². The molecule has 2 aromatic heterocycles. The van der Waals surface area contributed by atoms with Gasteiger partial charge in [0.15, 0.2) is 11.5 Å². The first-order valence-electron chi connectivity index (χ1n) is 9.41. The second-order valence-corrected chi connectivity index (χ2v) is 7.56. The third-order valence-corrected chi connectivity index (χ3v) is 4.74. The van der Waals surface area contributed by atoms with Gasteiger partial charge in [-0.3, -0.25) is 0 Å². The Bertz CT molecular complexity index is 1160. The molecule has 0 aliphatic carbocycles. The van der Waals surface area contributed by atoms with Crippen LogP contribution >= 0.6 is 0 Å². The number of benzene rings is 2. The summed E-state index contributed by atoms with van der Waals surface area (Å²) >= 11 is 0. The summed E-state index contributed by atoms with van der Waals surface area (Å²) in [5, 5.41) is 17.3. The van der Waals surface area contributed by atoms with E-state index in [0.29, 0.717) is 17.3 Å². The van der Waals surface area contributed by atoms with Crippen LogP contribution in [0.4, 0.5) is 5.82 Å². The van der Waals surface area contributed by atoms with Crippen molar-refractivity contribution in [2.45, 2.75) is 26.0 Å². The fraction of sp³-hybridized carbons (Fsp3) is 0.182. The van der Waals surface area contributed by atoms with Crippen molar-refractivity contribution in [1.82, 2.24) is 20.2 Å². The highest BCUT2D eigenvalue weighted by Gasteiger charge is 2.18. The number of aliphatic hydroxyl groups excluding tert-OH is 1. The molecule has 0 aliphatic heterocycles. The molecule has 30 heavy (non-hydrogen) atoms. The molecule has 0 aliphatic rings. The lowest BCUT2D eigenvalue weighted by atomic mass is 9.94. The van der Waals surface area contributed by atoms with E-state index in [1.165, 1.54) is 0 Å². The summed E-state index contributed by atoms with van der Waals surface area (Å²) < 4.78 is 5.78. The summed E-state index contributed by atoms with van der Waals surface area (Å²) in [6.07, 6.45) is 1.60. The SMILES string of the molecule is CC(C)(N)c1ccc(-c2cnc(N)c(-c3nnc(-c4ccc(CO)cc4)o3)n2)cc1. The van der Waals surface area contributed by atoms with Gasteiger partial charge in [0.2, 0.25) is 5.89 Å². The first kappa shape index (κ1) is 19.7. The first-order valence-corrected chi connectivity index (χ1v) is 9.41. The van der Waals surface area contributed by atoms with Crippen molar-refractivity contribution in [1.29, 1.82) is 0 Å². The van der Waals surface area contributed by atoms with E-state index in [2.05, 4.69) is 20.2 Å². The molecular formula is C22H22N6O2. The largest absolute Gasteiger partial charge is 0.414 e. The monoisotopic (exact) mass is 402 g/mol. The topological polar surface area (TPSA) is 137 Å². The van der Waals surface area contributed by atoms with Crippen molar-refractivity contribution in [3.63, 3.8) is 0 Å². The van der Waals surface area contributed by atoms with Crippen molar-refractivity contribution in [2.24, 2.45) is 5.73 Å². The van der Waals surface area contributed by atoms with Gasteiger partial charge in [0.25, 0.3) is 5.89 Å². The zero-order chi connectivity index (χ0) is 21.3. The summed E-state index contributed by atoms with van der Waals surface area (Å²) in [5.74, 6) is 0.711. The maximum Gasteiger partial charge on any atom is 0.270 e. The predicted octanol–water partition coefficient (Wildman–Crippen LogP) is 3.13. The maximum absolute atomic E-state index is 9.17. The van der Waals surface area contributed by atoms with Crippen LogP contribution in [0.2, 0.25) is 0 Å². The fourth-order valence-electron chi connectivity index (χ4n) is 2.95. The van der Waals surface area contributed by atoms with Crippen LogP contribution in [0.5, 0.6) is 0 Å². The van der Waals surface area contributed by atoms with Crippen LogP contribution in [0.15, 0.2) is 59.1 Å². The van der Waals surface area contributed by atoms with Crippen LogP contribution in [0.1, 0.15) is 25.0 Å². The fourth-order valence-corrected chi connectivity index (χ4v) is 2.95. The molecule has 0 atom stereocenters. The van der Waals surface area contributed by atoms with E-state index < -0.39 is 5.54 Å². The Morgan fingerprint density at radius 2 is 1.57 bits per heavy atom. The van der Waals surface area contributed by atoms with Crippen LogP contribution in [0, 0.1) is 0 Å². The van der Waals surface area contributed by atoms with Gasteiger partial charge in [-0.25, -0.2) is 9.97 Å². The molecule has 0 saturated heterocycles. The smallest absolute Gasteiger partial charge is 0.270 e. The van der Waals surface area contributed by atoms with E-state index >= 15 is 0 Å². The van der Waals surface area contributed by atoms with Gasteiger partial charge in [0, 0.05) is 16.7 Å². The summed E-state index contributed by atoms with van der Waals surface area (Å²) in [4.78, 5) is 8.83. The van der Waals surface area contributed by atoms with Gasteiger partial charge < -0.3 is 21.0 Å². The van der Waals surface area contributed by atoms with E-state index in [-0.39, 0.29) is 18.3 Å². The summed E-state index contributed by atoms with van der Waals surface area (Å²) in [6, 6.07) is 15.0. The normalized spacial score (nSPS) is 11.6. The van der Waals surface area contributed by atoms with Crippen LogP contribution in [-0.4, -0.2) is 25.3 Å². The molecule has 5 N–H and O–H groups in total. The van der Waals surface area contributed by atoms with Gasteiger partial charge in [-0.2, -0.15) is 0 Å². The van der Waals surface area contributed by atoms with Crippen molar-refractivity contribution >= 4 is 5.82 Å². The van der Waals surface area contributed by atoms with Gasteiger partial charge in [-0.1, -0.05) is 36.4 Å². The molecule has 8 nitrogen and oxygen atoms in total. The molecule has 0 unspecified atom stereocenters. The lowest BCUT2D eigenvalue weighted by molar-refractivity contribution is 0.282. The Labute approximate surface area is 173 Å². The van der Waals surface area contributed by atoms with Crippen molar-refractivity contribution in [3.05, 3.63) is 65.9 Å². The minimum atomic E-state index is -0.425. The van der Waals surface area contributed by atoms with Gasteiger partial charge in [-0.05, 0) is 37.1 Å². The molecule has 8 heteroatoms. The second kappa shape index (κ2) is 7.66. The highest BCUT2D eigenvalue weighted by Crippen LogP contribution is 2.28. The molecular weight excluding hydrogens is 380 g/mol. The molecule has 2 aromatic carbocycles. The maximum atomic E-state index is 9.17. The van der Waals surface area contributed by atoms with E-state index in [9.17, 15) is 5.11 Å². The first-order chi connectivity index (χ1) is 14.3. The Hall–Kier alpha value is -3.62. The van der Waals surface area contributed by atoms with Crippen LogP contribution in [-0.2, 0) is 12.1 Å². The van der Waals surface area contributed by atoms with Gasteiger partial charge in [-0.15, -0.1) is 10.2 Å². The summed E-state index contributed by atoms with van der Waals surface area (Å²) in [5.41, 5.74) is 16.1. The number of aliphatic hydroxyl groups is 1.